The third kappa shape index (κ3) is 4.88. The largest absolute Gasteiger partial charge is 0.342 e. The topological polar surface area (TPSA) is 23.6 Å². The van der Waals surface area contributed by atoms with Crippen LogP contribution in [0.1, 0.15) is 27.2 Å². The lowest BCUT2D eigenvalue weighted by molar-refractivity contribution is -0.130. The zero-order valence-electron chi connectivity index (χ0n) is 9.34. The molecule has 1 amide bonds. The smallest absolute Gasteiger partial charge is 0.222 e. The first kappa shape index (κ1) is 12.4. The van der Waals surface area contributed by atoms with Gasteiger partial charge >= 0.3 is 0 Å². The van der Waals surface area contributed by atoms with Gasteiger partial charge in [-0.25, -0.2) is 0 Å². The highest BCUT2D eigenvalue weighted by molar-refractivity contribution is 5.75. The maximum atomic E-state index is 11.4. The van der Waals surface area contributed by atoms with Gasteiger partial charge in [0.2, 0.25) is 5.91 Å². The molecule has 0 N–H and O–H groups in total. The fourth-order valence-corrected chi connectivity index (χ4v) is 1.13. The molecule has 0 unspecified atom stereocenters. The molecule has 0 spiro atoms. The van der Waals surface area contributed by atoms with Crippen LogP contribution in [0.15, 0.2) is 0 Å². The highest BCUT2D eigenvalue weighted by atomic mass is 16.2. The summed E-state index contributed by atoms with van der Waals surface area (Å²) in [7, 11) is 2.07. The lowest BCUT2D eigenvalue weighted by atomic mass is 10.3. The summed E-state index contributed by atoms with van der Waals surface area (Å²) in [4.78, 5) is 15.5. The van der Waals surface area contributed by atoms with E-state index in [0.717, 1.165) is 26.2 Å². The summed E-state index contributed by atoms with van der Waals surface area (Å²) in [5.74, 6) is 0.256. The SMILES string of the molecule is CCC(=O)N(CC)CCN(C)CC. The van der Waals surface area contributed by atoms with Gasteiger partial charge in [0, 0.05) is 26.1 Å². The Labute approximate surface area is 81.7 Å². The number of carbonyl (C=O) groups excluding carboxylic acids is 1. The highest BCUT2D eigenvalue weighted by Crippen LogP contribution is 1.94. The van der Waals surface area contributed by atoms with E-state index in [2.05, 4.69) is 18.9 Å². The summed E-state index contributed by atoms with van der Waals surface area (Å²) in [6.45, 7) is 9.75. The van der Waals surface area contributed by atoms with E-state index >= 15 is 0 Å². The lowest BCUT2D eigenvalue weighted by Gasteiger charge is -2.23. The van der Waals surface area contributed by atoms with Gasteiger partial charge in [0.05, 0.1) is 0 Å². The molecule has 3 heteroatoms. The quantitative estimate of drug-likeness (QED) is 0.622. The van der Waals surface area contributed by atoms with Crippen LogP contribution in [-0.2, 0) is 4.79 Å². The van der Waals surface area contributed by atoms with Crippen LogP contribution in [0, 0.1) is 0 Å². The van der Waals surface area contributed by atoms with Gasteiger partial charge in [0.25, 0.3) is 0 Å². The second-order valence-electron chi connectivity index (χ2n) is 3.22. The maximum absolute atomic E-state index is 11.4. The molecule has 0 atom stereocenters. The van der Waals surface area contributed by atoms with Crippen molar-refractivity contribution >= 4 is 5.91 Å². The van der Waals surface area contributed by atoms with Crippen molar-refractivity contribution in [1.82, 2.24) is 9.80 Å². The van der Waals surface area contributed by atoms with Crippen molar-refractivity contribution in [3.63, 3.8) is 0 Å². The van der Waals surface area contributed by atoms with Gasteiger partial charge < -0.3 is 9.80 Å². The lowest BCUT2D eigenvalue weighted by Crippen LogP contribution is -2.36. The van der Waals surface area contributed by atoms with Crippen LogP contribution in [0.4, 0.5) is 0 Å². The fraction of sp³-hybridized carbons (Fsp3) is 0.900. The first-order chi connectivity index (χ1) is 6.15. The van der Waals surface area contributed by atoms with Crippen LogP contribution < -0.4 is 0 Å². The molecule has 0 aromatic rings. The van der Waals surface area contributed by atoms with E-state index in [0.29, 0.717) is 6.42 Å². The van der Waals surface area contributed by atoms with Gasteiger partial charge in [-0.2, -0.15) is 0 Å². The Kier molecular flexibility index (Phi) is 6.59. The zero-order chi connectivity index (χ0) is 10.3. The van der Waals surface area contributed by atoms with Gasteiger partial charge in [0.1, 0.15) is 0 Å². The number of nitrogens with zero attached hydrogens (tertiary/aromatic N) is 2. The molecule has 0 fully saturated rings. The normalized spacial score (nSPS) is 10.5. The van der Waals surface area contributed by atoms with Crippen molar-refractivity contribution in [2.75, 3.05) is 33.2 Å². The van der Waals surface area contributed by atoms with Crippen molar-refractivity contribution < 1.29 is 4.79 Å². The van der Waals surface area contributed by atoms with Crippen LogP contribution in [0.2, 0.25) is 0 Å². The summed E-state index contributed by atoms with van der Waals surface area (Å²) in [5.41, 5.74) is 0. The summed E-state index contributed by atoms with van der Waals surface area (Å²) >= 11 is 0. The average Bonchev–Trinajstić information content (AvgIpc) is 2.17. The van der Waals surface area contributed by atoms with Crippen molar-refractivity contribution in [1.29, 1.82) is 0 Å². The van der Waals surface area contributed by atoms with Crippen molar-refractivity contribution in [2.24, 2.45) is 0 Å². The van der Waals surface area contributed by atoms with Gasteiger partial charge in [-0.05, 0) is 20.5 Å². The molecule has 78 valence electrons. The van der Waals surface area contributed by atoms with E-state index in [1.807, 2.05) is 18.7 Å². The zero-order valence-corrected chi connectivity index (χ0v) is 9.34. The predicted octanol–water partition coefficient (Wildman–Crippen LogP) is 1.20. The minimum atomic E-state index is 0.256. The van der Waals surface area contributed by atoms with Crippen LogP contribution in [0.3, 0.4) is 0 Å². The summed E-state index contributed by atoms with van der Waals surface area (Å²) < 4.78 is 0. The van der Waals surface area contributed by atoms with Gasteiger partial charge in [-0.1, -0.05) is 13.8 Å². The Balaban J connectivity index is 3.78. The molecule has 0 rings (SSSR count). The average molecular weight is 186 g/mol. The summed E-state index contributed by atoms with van der Waals surface area (Å²) in [6.07, 6.45) is 0.615. The number of rotatable bonds is 6. The third-order valence-electron chi connectivity index (χ3n) is 2.33. The molecule has 0 aromatic carbocycles. The minimum absolute atomic E-state index is 0.256. The Morgan fingerprint density at radius 3 is 2.08 bits per heavy atom. The van der Waals surface area contributed by atoms with E-state index in [-0.39, 0.29) is 5.91 Å². The molecule has 13 heavy (non-hydrogen) atoms. The van der Waals surface area contributed by atoms with Crippen molar-refractivity contribution in [3.8, 4) is 0 Å². The maximum Gasteiger partial charge on any atom is 0.222 e. The molecule has 0 aliphatic rings. The molecule has 0 saturated carbocycles. The number of amides is 1. The van der Waals surface area contributed by atoms with Crippen molar-refractivity contribution in [2.45, 2.75) is 27.2 Å². The van der Waals surface area contributed by atoms with Gasteiger partial charge in [-0.3, -0.25) is 4.79 Å². The Morgan fingerprint density at radius 2 is 1.69 bits per heavy atom. The first-order valence-corrected chi connectivity index (χ1v) is 5.11. The molecule has 0 aliphatic carbocycles. The predicted molar refractivity (Wildman–Crippen MR) is 55.7 cm³/mol. The highest BCUT2D eigenvalue weighted by Gasteiger charge is 2.08. The first-order valence-electron chi connectivity index (χ1n) is 5.11. The number of likely N-dealkylation sites (N-methyl/N-ethyl adjacent to an activating group) is 2. The van der Waals surface area contributed by atoms with Gasteiger partial charge in [0.15, 0.2) is 0 Å². The second-order valence-corrected chi connectivity index (χ2v) is 3.22. The third-order valence-corrected chi connectivity index (χ3v) is 2.33. The Bertz CT molecular complexity index is 148. The molecular weight excluding hydrogens is 164 g/mol. The Hall–Kier alpha value is -0.570. The molecule has 0 saturated heterocycles. The van der Waals surface area contributed by atoms with E-state index in [1.165, 1.54) is 0 Å². The molecular formula is C10H22N2O. The number of hydrogen-bond acceptors (Lipinski definition) is 2. The standard InChI is InChI=1S/C10H22N2O/c1-5-10(13)12(7-3)9-8-11(4)6-2/h5-9H2,1-4H3. The number of carbonyl (C=O) groups is 1. The molecule has 0 heterocycles. The van der Waals surface area contributed by atoms with Crippen molar-refractivity contribution in [3.05, 3.63) is 0 Å². The number of hydrogen-bond donors (Lipinski definition) is 0. The molecule has 0 radical (unpaired) electrons. The minimum Gasteiger partial charge on any atom is -0.342 e. The van der Waals surface area contributed by atoms with Crippen LogP contribution >= 0.6 is 0 Å². The van der Waals surface area contributed by atoms with E-state index < -0.39 is 0 Å². The van der Waals surface area contributed by atoms with Crippen LogP contribution in [0.5, 0.6) is 0 Å². The van der Waals surface area contributed by atoms with Gasteiger partial charge in [-0.15, -0.1) is 0 Å². The van der Waals surface area contributed by atoms with E-state index in [9.17, 15) is 4.79 Å². The summed E-state index contributed by atoms with van der Waals surface area (Å²) in [5, 5.41) is 0. The van der Waals surface area contributed by atoms with E-state index in [4.69, 9.17) is 0 Å². The molecule has 0 aromatic heterocycles. The van der Waals surface area contributed by atoms with E-state index in [1.54, 1.807) is 0 Å². The van der Waals surface area contributed by atoms with Crippen LogP contribution in [-0.4, -0.2) is 48.9 Å². The molecule has 0 aliphatic heterocycles. The monoisotopic (exact) mass is 186 g/mol. The second kappa shape index (κ2) is 6.89. The van der Waals surface area contributed by atoms with Crippen LogP contribution in [0.25, 0.3) is 0 Å². The Morgan fingerprint density at radius 1 is 1.08 bits per heavy atom. The molecule has 0 bridgehead atoms. The molecule has 3 nitrogen and oxygen atoms in total. The summed E-state index contributed by atoms with van der Waals surface area (Å²) in [6, 6.07) is 0. The fourth-order valence-electron chi connectivity index (χ4n) is 1.13.